The van der Waals surface area contributed by atoms with E-state index in [0.717, 1.165) is 26.2 Å². The topological polar surface area (TPSA) is 73.4 Å². The molecule has 2 fully saturated rings. The van der Waals surface area contributed by atoms with Crippen LogP contribution in [-0.2, 0) is 0 Å². The predicted octanol–water partition coefficient (Wildman–Crippen LogP) is 1.75. The van der Waals surface area contributed by atoms with Crippen molar-refractivity contribution >= 4 is 11.4 Å². The predicted molar refractivity (Wildman–Crippen MR) is 74.6 cm³/mol. The Labute approximate surface area is 117 Å². The van der Waals surface area contributed by atoms with Crippen LogP contribution in [-0.4, -0.2) is 42.0 Å². The van der Waals surface area contributed by atoms with Crippen molar-refractivity contribution in [2.45, 2.75) is 18.9 Å². The van der Waals surface area contributed by atoms with E-state index in [-0.39, 0.29) is 5.69 Å². The minimum absolute atomic E-state index is 0.0375. The summed E-state index contributed by atoms with van der Waals surface area (Å²) in [4.78, 5) is 15.4. The normalized spacial score (nSPS) is 22.4. The molecule has 2 saturated heterocycles. The Balaban J connectivity index is 1.90. The van der Waals surface area contributed by atoms with Gasteiger partial charge in [0.25, 0.3) is 5.69 Å². The third-order valence-electron chi connectivity index (χ3n) is 4.23. The lowest BCUT2D eigenvalue weighted by Gasteiger charge is -2.38. The van der Waals surface area contributed by atoms with Gasteiger partial charge in [-0.2, -0.15) is 5.26 Å². The second kappa shape index (κ2) is 5.10. The molecule has 6 heteroatoms. The summed E-state index contributed by atoms with van der Waals surface area (Å²) in [6.45, 7) is 3.76. The number of hydrogen-bond acceptors (Lipinski definition) is 5. The summed E-state index contributed by atoms with van der Waals surface area (Å²) in [6, 6.07) is 7.21. The summed E-state index contributed by atoms with van der Waals surface area (Å²) in [5, 5.41) is 20.1. The third-order valence-corrected chi connectivity index (χ3v) is 4.23. The molecule has 2 aliphatic rings. The summed E-state index contributed by atoms with van der Waals surface area (Å²) in [6.07, 6.45) is 2.38. The maximum Gasteiger partial charge on any atom is 0.293 e. The zero-order chi connectivity index (χ0) is 14.1. The van der Waals surface area contributed by atoms with Crippen molar-refractivity contribution in [2.75, 3.05) is 31.1 Å². The van der Waals surface area contributed by atoms with E-state index in [1.807, 2.05) is 6.07 Å². The monoisotopic (exact) mass is 272 g/mol. The van der Waals surface area contributed by atoms with Gasteiger partial charge < -0.3 is 4.90 Å². The van der Waals surface area contributed by atoms with Gasteiger partial charge >= 0.3 is 0 Å². The van der Waals surface area contributed by atoms with E-state index in [4.69, 9.17) is 5.26 Å². The Morgan fingerprint density at radius 2 is 2.20 bits per heavy atom. The number of benzene rings is 1. The van der Waals surface area contributed by atoms with E-state index < -0.39 is 4.92 Å². The highest BCUT2D eigenvalue weighted by Crippen LogP contribution is 2.32. The number of piperazine rings is 1. The van der Waals surface area contributed by atoms with Gasteiger partial charge in [-0.15, -0.1) is 0 Å². The van der Waals surface area contributed by atoms with Crippen LogP contribution in [0.2, 0.25) is 0 Å². The number of nitriles is 1. The highest BCUT2D eigenvalue weighted by molar-refractivity contribution is 5.66. The summed E-state index contributed by atoms with van der Waals surface area (Å²) in [5.74, 6) is 0. The molecule has 0 spiro atoms. The smallest absolute Gasteiger partial charge is 0.293 e. The molecule has 0 amide bonds. The zero-order valence-electron chi connectivity index (χ0n) is 11.2. The van der Waals surface area contributed by atoms with Gasteiger partial charge in [0.15, 0.2) is 0 Å². The molecule has 0 aliphatic carbocycles. The number of anilines is 1. The molecule has 2 heterocycles. The third kappa shape index (κ3) is 2.21. The average Bonchev–Trinajstić information content (AvgIpc) is 2.93. The van der Waals surface area contributed by atoms with Crippen molar-refractivity contribution in [3.05, 3.63) is 33.9 Å². The highest BCUT2D eigenvalue weighted by atomic mass is 16.6. The quantitative estimate of drug-likeness (QED) is 0.605. The minimum atomic E-state index is -0.392. The van der Waals surface area contributed by atoms with Crippen LogP contribution < -0.4 is 4.90 Å². The van der Waals surface area contributed by atoms with E-state index in [9.17, 15) is 10.1 Å². The van der Waals surface area contributed by atoms with Crippen LogP contribution in [0.5, 0.6) is 0 Å². The first-order valence-corrected chi connectivity index (χ1v) is 6.86. The Bertz CT molecular complexity index is 581. The highest BCUT2D eigenvalue weighted by Gasteiger charge is 2.32. The molecule has 0 bridgehead atoms. The van der Waals surface area contributed by atoms with E-state index in [2.05, 4.69) is 9.80 Å². The maximum atomic E-state index is 11.2. The molecule has 104 valence electrons. The fourth-order valence-electron chi connectivity index (χ4n) is 3.22. The van der Waals surface area contributed by atoms with Gasteiger partial charge in [-0.05, 0) is 31.5 Å². The average molecular weight is 272 g/mol. The van der Waals surface area contributed by atoms with Crippen molar-refractivity contribution < 1.29 is 4.92 Å². The number of rotatable bonds is 2. The van der Waals surface area contributed by atoms with Crippen molar-refractivity contribution in [3.63, 3.8) is 0 Å². The lowest BCUT2D eigenvalue weighted by molar-refractivity contribution is -0.384. The van der Waals surface area contributed by atoms with E-state index in [1.54, 1.807) is 12.1 Å². The van der Waals surface area contributed by atoms with Crippen molar-refractivity contribution in [3.8, 4) is 6.07 Å². The summed E-state index contributed by atoms with van der Waals surface area (Å²) in [5.41, 5.74) is 1.01. The Kier molecular flexibility index (Phi) is 3.28. The standard InChI is InChI=1S/C14H16N4O2/c15-9-11-3-4-13(14(8-11)18(19)20)17-7-6-16-5-1-2-12(16)10-17/h3-4,8,12H,1-2,5-7,10H2/t12-/m1/s1. The zero-order valence-corrected chi connectivity index (χ0v) is 11.2. The SMILES string of the molecule is N#Cc1ccc(N2CCN3CCC[C@@H]3C2)c([N+](=O)[O-])c1. The second-order valence-electron chi connectivity index (χ2n) is 5.35. The van der Waals surface area contributed by atoms with Crippen molar-refractivity contribution in [1.82, 2.24) is 4.90 Å². The van der Waals surface area contributed by atoms with Gasteiger partial charge in [-0.1, -0.05) is 0 Å². The van der Waals surface area contributed by atoms with Gasteiger partial charge in [0, 0.05) is 31.7 Å². The van der Waals surface area contributed by atoms with E-state index in [0.29, 0.717) is 17.3 Å². The number of nitro groups is 1. The molecule has 0 N–H and O–H groups in total. The van der Waals surface area contributed by atoms with Gasteiger partial charge in [-0.3, -0.25) is 15.0 Å². The van der Waals surface area contributed by atoms with Crippen LogP contribution in [0.15, 0.2) is 18.2 Å². The summed E-state index contributed by atoms with van der Waals surface area (Å²) < 4.78 is 0. The maximum absolute atomic E-state index is 11.2. The van der Waals surface area contributed by atoms with Gasteiger partial charge in [0.1, 0.15) is 5.69 Å². The molecule has 0 unspecified atom stereocenters. The van der Waals surface area contributed by atoms with Crippen LogP contribution in [0.25, 0.3) is 0 Å². The molecule has 2 aliphatic heterocycles. The first kappa shape index (κ1) is 12.9. The molecular weight excluding hydrogens is 256 g/mol. The van der Waals surface area contributed by atoms with Crippen molar-refractivity contribution in [1.29, 1.82) is 5.26 Å². The fraction of sp³-hybridized carbons (Fsp3) is 0.500. The fourth-order valence-corrected chi connectivity index (χ4v) is 3.22. The van der Waals surface area contributed by atoms with Crippen LogP contribution in [0.4, 0.5) is 11.4 Å². The molecule has 0 aromatic heterocycles. The number of nitrogens with zero attached hydrogens (tertiary/aromatic N) is 4. The Morgan fingerprint density at radius 3 is 2.95 bits per heavy atom. The first-order chi connectivity index (χ1) is 9.69. The molecular formula is C14H16N4O2. The van der Waals surface area contributed by atoms with Gasteiger partial charge in [-0.25, -0.2) is 0 Å². The number of nitro benzene ring substituents is 1. The first-order valence-electron chi connectivity index (χ1n) is 6.86. The molecule has 3 rings (SSSR count). The summed E-state index contributed by atoms with van der Waals surface area (Å²) in [7, 11) is 0. The van der Waals surface area contributed by atoms with Crippen LogP contribution in [0.1, 0.15) is 18.4 Å². The molecule has 0 radical (unpaired) electrons. The Morgan fingerprint density at radius 1 is 1.35 bits per heavy atom. The van der Waals surface area contributed by atoms with Crippen LogP contribution >= 0.6 is 0 Å². The van der Waals surface area contributed by atoms with Crippen LogP contribution in [0.3, 0.4) is 0 Å². The lowest BCUT2D eigenvalue weighted by Crippen LogP contribution is -2.50. The molecule has 0 saturated carbocycles. The number of fused-ring (bicyclic) bond motifs is 1. The van der Waals surface area contributed by atoms with E-state index in [1.165, 1.54) is 18.9 Å². The molecule has 1 aromatic carbocycles. The Hall–Kier alpha value is -2.13. The summed E-state index contributed by atoms with van der Waals surface area (Å²) >= 11 is 0. The second-order valence-corrected chi connectivity index (χ2v) is 5.35. The minimum Gasteiger partial charge on any atom is -0.363 e. The van der Waals surface area contributed by atoms with E-state index >= 15 is 0 Å². The van der Waals surface area contributed by atoms with Gasteiger partial charge in [0.05, 0.1) is 16.6 Å². The molecule has 1 atom stereocenters. The van der Waals surface area contributed by atoms with Crippen LogP contribution in [0, 0.1) is 21.4 Å². The lowest BCUT2D eigenvalue weighted by atomic mass is 10.1. The molecule has 20 heavy (non-hydrogen) atoms. The van der Waals surface area contributed by atoms with Gasteiger partial charge in [0.2, 0.25) is 0 Å². The molecule has 6 nitrogen and oxygen atoms in total. The molecule has 1 aromatic rings. The van der Waals surface area contributed by atoms with Crippen molar-refractivity contribution in [2.24, 2.45) is 0 Å². The largest absolute Gasteiger partial charge is 0.363 e. The number of hydrogen-bond donors (Lipinski definition) is 0.